The highest BCUT2D eigenvalue weighted by Gasteiger charge is 2.58. The van der Waals surface area contributed by atoms with Crippen molar-refractivity contribution in [2.75, 3.05) is 6.54 Å². The van der Waals surface area contributed by atoms with Crippen LogP contribution in [0.3, 0.4) is 0 Å². The maximum atomic E-state index is 13.8. The van der Waals surface area contributed by atoms with Gasteiger partial charge in [0, 0.05) is 23.1 Å². The molecule has 0 saturated heterocycles. The van der Waals surface area contributed by atoms with Crippen molar-refractivity contribution >= 4 is 20.9 Å². The molecule has 1 heterocycles. The van der Waals surface area contributed by atoms with Gasteiger partial charge in [0.25, 0.3) is 0 Å². The molecule has 1 saturated carbocycles. The summed E-state index contributed by atoms with van der Waals surface area (Å²) in [5, 5.41) is 1.30. The zero-order chi connectivity index (χ0) is 26.6. The van der Waals surface area contributed by atoms with Crippen LogP contribution in [0.5, 0.6) is 0 Å². The fourth-order valence-corrected chi connectivity index (χ4v) is 7.92. The molecule has 0 bridgehead atoms. The summed E-state index contributed by atoms with van der Waals surface area (Å²) in [7, 11) is -3.63. The van der Waals surface area contributed by atoms with Gasteiger partial charge < -0.3 is 4.98 Å². The van der Waals surface area contributed by atoms with Crippen molar-refractivity contribution in [3.63, 3.8) is 0 Å². The molecule has 1 aliphatic rings. The van der Waals surface area contributed by atoms with Crippen LogP contribution in [0.15, 0.2) is 41.3 Å². The molecular formula is C31H44N2O2S. The van der Waals surface area contributed by atoms with E-state index in [-0.39, 0.29) is 17.3 Å². The Hall–Kier alpha value is -2.11. The van der Waals surface area contributed by atoms with E-state index in [1.807, 2.05) is 0 Å². The second-order valence-corrected chi connectivity index (χ2v) is 14.0. The molecule has 0 radical (unpaired) electrons. The van der Waals surface area contributed by atoms with Crippen LogP contribution in [-0.4, -0.2) is 19.9 Å². The third kappa shape index (κ3) is 4.77. The summed E-state index contributed by atoms with van der Waals surface area (Å²) in [6.45, 7) is 19.9. The minimum absolute atomic E-state index is 0.129. The molecule has 3 aromatic rings. The first-order valence-corrected chi connectivity index (χ1v) is 15.0. The summed E-state index contributed by atoms with van der Waals surface area (Å²) in [6, 6.07) is 12.7. The molecule has 4 rings (SSSR count). The smallest absolute Gasteiger partial charge is 0.241 e. The lowest BCUT2D eigenvalue weighted by atomic mass is 9.89. The quantitative estimate of drug-likeness (QED) is 0.308. The molecule has 4 nitrogen and oxygen atoms in total. The average molecular weight is 509 g/mol. The lowest BCUT2D eigenvalue weighted by Crippen LogP contribution is -2.28. The summed E-state index contributed by atoms with van der Waals surface area (Å²) in [4.78, 5) is 4.04. The maximum Gasteiger partial charge on any atom is 0.241 e. The first-order valence-electron chi connectivity index (χ1n) is 13.5. The number of nitrogens with one attached hydrogen (secondary N) is 2. The fourth-order valence-electron chi connectivity index (χ4n) is 6.18. The Kier molecular flexibility index (Phi) is 7.22. The average Bonchev–Trinajstić information content (AvgIpc) is 3.15. The van der Waals surface area contributed by atoms with Gasteiger partial charge in [0.05, 0.1) is 4.90 Å². The van der Waals surface area contributed by atoms with Crippen LogP contribution in [0.25, 0.3) is 10.9 Å². The van der Waals surface area contributed by atoms with E-state index in [4.69, 9.17) is 0 Å². The van der Waals surface area contributed by atoms with Gasteiger partial charge in [0.15, 0.2) is 0 Å². The van der Waals surface area contributed by atoms with E-state index >= 15 is 0 Å². The standard InChI is InChI=1S/C31H44N2O2S/c1-18(2)22-16-24(19(3)4)30(25(17-22)20(5)6)36(34,35)32-15-14-26-29(31(26,8)9)28-21(7)33-27-13-11-10-12-23(27)28/h10-13,16-20,26,29,32-33H,14-15H2,1-9H3/t26-,29+/m0/s1. The first-order chi connectivity index (χ1) is 16.8. The Labute approximate surface area is 218 Å². The Balaban J connectivity index is 1.58. The lowest BCUT2D eigenvalue weighted by molar-refractivity contribution is 0.521. The predicted molar refractivity (Wildman–Crippen MR) is 152 cm³/mol. The number of H-pyrrole nitrogens is 1. The number of aromatic nitrogens is 1. The Morgan fingerprint density at radius 3 is 2.08 bits per heavy atom. The van der Waals surface area contributed by atoms with Crippen molar-refractivity contribution < 1.29 is 8.42 Å². The molecule has 2 atom stereocenters. The van der Waals surface area contributed by atoms with E-state index in [0.29, 0.717) is 29.2 Å². The number of hydrogen-bond donors (Lipinski definition) is 2. The lowest BCUT2D eigenvalue weighted by Gasteiger charge is -2.23. The molecule has 0 amide bonds. The van der Waals surface area contributed by atoms with Crippen LogP contribution in [0.2, 0.25) is 0 Å². The normalized spacial score (nSPS) is 19.7. The number of benzene rings is 2. The van der Waals surface area contributed by atoms with Crippen LogP contribution in [0, 0.1) is 18.3 Å². The second-order valence-electron chi connectivity index (χ2n) is 12.3. The zero-order valence-electron chi connectivity index (χ0n) is 23.5. The summed E-state index contributed by atoms with van der Waals surface area (Å²) < 4.78 is 30.5. The third-order valence-electron chi connectivity index (χ3n) is 8.40. The molecule has 2 aromatic carbocycles. The second kappa shape index (κ2) is 9.64. The molecule has 2 N–H and O–H groups in total. The van der Waals surface area contributed by atoms with Crippen LogP contribution in [0.1, 0.15) is 113 Å². The molecule has 196 valence electrons. The zero-order valence-corrected chi connectivity index (χ0v) is 24.3. The maximum absolute atomic E-state index is 13.8. The van der Waals surface area contributed by atoms with Gasteiger partial charge >= 0.3 is 0 Å². The summed E-state index contributed by atoms with van der Waals surface area (Å²) in [5.41, 5.74) is 7.01. The van der Waals surface area contributed by atoms with Gasteiger partial charge in [0.2, 0.25) is 10.0 Å². The van der Waals surface area contributed by atoms with E-state index in [1.54, 1.807) is 0 Å². The summed E-state index contributed by atoms with van der Waals surface area (Å²) >= 11 is 0. The molecular weight excluding hydrogens is 464 g/mol. The minimum Gasteiger partial charge on any atom is -0.358 e. The van der Waals surface area contributed by atoms with Gasteiger partial charge in [-0.3, -0.25) is 0 Å². The predicted octanol–water partition coefficient (Wildman–Crippen LogP) is 7.95. The van der Waals surface area contributed by atoms with Gasteiger partial charge in [0.1, 0.15) is 0 Å². The first kappa shape index (κ1) is 26.9. The van der Waals surface area contributed by atoms with E-state index in [2.05, 4.69) is 108 Å². The van der Waals surface area contributed by atoms with E-state index < -0.39 is 10.0 Å². The monoisotopic (exact) mass is 508 g/mol. The molecule has 1 fully saturated rings. The number of sulfonamides is 1. The van der Waals surface area contributed by atoms with Gasteiger partial charge in [-0.05, 0) is 76.7 Å². The van der Waals surface area contributed by atoms with E-state index in [9.17, 15) is 8.42 Å². The Bertz CT molecular complexity index is 1330. The summed E-state index contributed by atoms with van der Waals surface area (Å²) in [5.74, 6) is 1.48. The highest BCUT2D eigenvalue weighted by Crippen LogP contribution is 2.67. The largest absolute Gasteiger partial charge is 0.358 e. The number of hydrogen-bond acceptors (Lipinski definition) is 2. The number of aryl methyl sites for hydroxylation is 1. The fraction of sp³-hybridized carbons (Fsp3) is 0.548. The van der Waals surface area contributed by atoms with Gasteiger partial charge in [-0.2, -0.15) is 0 Å². The molecule has 1 aromatic heterocycles. The van der Waals surface area contributed by atoms with Gasteiger partial charge in [-0.25, -0.2) is 13.1 Å². The molecule has 0 unspecified atom stereocenters. The third-order valence-corrected chi connectivity index (χ3v) is 9.99. The molecule has 0 aliphatic heterocycles. The molecule has 1 aliphatic carbocycles. The minimum atomic E-state index is -3.63. The topological polar surface area (TPSA) is 62.0 Å². The number of para-hydroxylation sites is 1. The molecule has 36 heavy (non-hydrogen) atoms. The van der Waals surface area contributed by atoms with Crippen LogP contribution in [-0.2, 0) is 10.0 Å². The Morgan fingerprint density at radius 2 is 1.53 bits per heavy atom. The van der Waals surface area contributed by atoms with E-state index in [1.165, 1.54) is 27.7 Å². The van der Waals surface area contributed by atoms with Gasteiger partial charge in [-0.1, -0.05) is 85.7 Å². The van der Waals surface area contributed by atoms with Crippen molar-refractivity contribution in [2.45, 2.75) is 97.3 Å². The number of aromatic amines is 1. The van der Waals surface area contributed by atoms with Crippen molar-refractivity contribution in [3.8, 4) is 0 Å². The number of rotatable bonds is 9. The van der Waals surface area contributed by atoms with Crippen molar-refractivity contribution in [2.24, 2.45) is 11.3 Å². The Morgan fingerprint density at radius 1 is 0.944 bits per heavy atom. The highest BCUT2D eigenvalue weighted by atomic mass is 32.2. The van der Waals surface area contributed by atoms with Crippen molar-refractivity contribution in [1.82, 2.24) is 9.71 Å². The van der Waals surface area contributed by atoms with Crippen LogP contribution >= 0.6 is 0 Å². The van der Waals surface area contributed by atoms with Crippen LogP contribution in [0.4, 0.5) is 0 Å². The van der Waals surface area contributed by atoms with Crippen molar-refractivity contribution in [3.05, 3.63) is 64.3 Å². The van der Waals surface area contributed by atoms with Crippen LogP contribution < -0.4 is 4.72 Å². The highest BCUT2D eigenvalue weighted by molar-refractivity contribution is 7.89. The molecule has 0 spiro atoms. The summed E-state index contributed by atoms with van der Waals surface area (Å²) in [6.07, 6.45) is 0.827. The van der Waals surface area contributed by atoms with E-state index in [0.717, 1.165) is 17.5 Å². The number of fused-ring (bicyclic) bond motifs is 1. The van der Waals surface area contributed by atoms with Crippen molar-refractivity contribution in [1.29, 1.82) is 0 Å². The molecule has 5 heteroatoms. The SMILES string of the molecule is Cc1[nH]c2ccccc2c1[C@H]1[C@H](CCNS(=O)(=O)c2c(C(C)C)cc(C(C)C)cc2C(C)C)C1(C)C. The van der Waals surface area contributed by atoms with Gasteiger partial charge in [-0.15, -0.1) is 0 Å².